The van der Waals surface area contributed by atoms with E-state index in [9.17, 15) is 4.79 Å². The highest BCUT2D eigenvalue weighted by Crippen LogP contribution is 2.35. The number of rotatable bonds is 2. The summed E-state index contributed by atoms with van der Waals surface area (Å²) in [5.41, 5.74) is -0.325. The van der Waals surface area contributed by atoms with Crippen molar-refractivity contribution in [3.63, 3.8) is 0 Å². The Morgan fingerprint density at radius 1 is 1.35 bits per heavy atom. The molecule has 1 atom stereocenters. The van der Waals surface area contributed by atoms with Gasteiger partial charge in [-0.1, -0.05) is 0 Å². The number of piperidine rings is 3. The highest BCUT2D eigenvalue weighted by atomic mass is 16.7. The molecule has 4 fully saturated rings. The quantitative estimate of drug-likeness (QED) is 0.723. The van der Waals surface area contributed by atoms with E-state index in [-0.39, 0.29) is 11.3 Å². The third kappa shape index (κ3) is 1.97. The van der Waals surface area contributed by atoms with Crippen molar-refractivity contribution in [3.05, 3.63) is 0 Å². The van der Waals surface area contributed by atoms with Crippen molar-refractivity contribution in [2.45, 2.75) is 26.7 Å². The van der Waals surface area contributed by atoms with Gasteiger partial charge in [0.2, 0.25) is 0 Å². The predicted molar refractivity (Wildman–Crippen MR) is 64.1 cm³/mol. The van der Waals surface area contributed by atoms with Crippen molar-refractivity contribution >= 4 is 5.91 Å². The van der Waals surface area contributed by atoms with E-state index in [0.717, 1.165) is 19.0 Å². The molecule has 0 aromatic heterocycles. The van der Waals surface area contributed by atoms with Crippen molar-refractivity contribution in [1.29, 1.82) is 0 Å². The van der Waals surface area contributed by atoms with E-state index in [1.54, 1.807) is 5.06 Å². The average molecular weight is 238 g/mol. The molecule has 1 unspecified atom stereocenters. The largest absolute Gasteiger partial charge is 0.303 e. The summed E-state index contributed by atoms with van der Waals surface area (Å²) in [5, 5.41) is 1.63. The van der Waals surface area contributed by atoms with Crippen LogP contribution in [0.4, 0.5) is 0 Å². The highest BCUT2D eigenvalue weighted by Gasteiger charge is 2.43. The minimum absolute atomic E-state index is 0.161. The summed E-state index contributed by atoms with van der Waals surface area (Å²) in [5.74, 6) is 1.59. The lowest BCUT2D eigenvalue weighted by atomic mass is 9.79. The first kappa shape index (κ1) is 11.5. The van der Waals surface area contributed by atoms with Crippen molar-refractivity contribution in [3.8, 4) is 0 Å². The zero-order valence-corrected chi connectivity index (χ0v) is 10.8. The summed E-state index contributed by atoms with van der Waals surface area (Å²) in [6.45, 7) is 8.91. The molecule has 1 amide bonds. The van der Waals surface area contributed by atoms with Gasteiger partial charge in [0.25, 0.3) is 5.91 Å². The van der Waals surface area contributed by atoms with Crippen LogP contribution in [0, 0.1) is 17.3 Å². The molecule has 0 radical (unpaired) electrons. The van der Waals surface area contributed by atoms with Crippen molar-refractivity contribution in [2.24, 2.45) is 17.3 Å². The monoisotopic (exact) mass is 238 g/mol. The number of hydrogen-bond donors (Lipinski definition) is 0. The fourth-order valence-electron chi connectivity index (χ4n) is 3.34. The Morgan fingerprint density at radius 3 is 2.53 bits per heavy atom. The Labute approximate surface area is 103 Å². The molecular weight excluding hydrogens is 216 g/mol. The van der Waals surface area contributed by atoms with Gasteiger partial charge in [-0.3, -0.25) is 9.63 Å². The minimum atomic E-state index is -0.325. The van der Waals surface area contributed by atoms with Crippen LogP contribution in [0.25, 0.3) is 0 Å². The minimum Gasteiger partial charge on any atom is -0.303 e. The Kier molecular flexibility index (Phi) is 2.67. The van der Waals surface area contributed by atoms with Gasteiger partial charge >= 0.3 is 0 Å². The van der Waals surface area contributed by atoms with Crippen molar-refractivity contribution in [1.82, 2.24) is 9.96 Å². The second kappa shape index (κ2) is 3.95. The molecule has 4 heteroatoms. The fourth-order valence-corrected chi connectivity index (χ4v) is 3.34. The molecule has 4 saturated heterocycles. The van der Waals surface area contributed by atoms with Crippen LogP contribution < -0.4 is 0 Å². The molecule has 4 aliphatic rings. The van der Waals surface area contributed by atoms with Gasteiger partial charge in [-0.05, 0) is 51.6 Å². The lowest BCUT2D eigenvalue weighted by molar-refractivity contribution is -0.169. The van der Waals surface area contributed by atoms with Gasteiger partial charge in [0, 0.05) is 6.54 Å². The Balaban J connectivity index is 1.63. The molecule has 4 nitrogen and oxygen atoms in total. The number of hydroxylamine groups is 2. The second-order valence-electron chi connectivity index (χ2n) is 6.42. The number of nitrogens with zero attached hydrogens (tertiary/aromatic N) is 2. The van der Waals surface area contributed by atoms with E-state index in [1.807, 2.05) is 13.8 Å². The Bertz CT molecular complexity index is 321. The molecule has 2 bridgehead atoms. The number of carbonyl (C=O) groups excluding carboxylic acids is 1. The second-order valence-corrected chi connectivity index (χ2v) is 6.42. The molecule has 17 heavy (non-hydrogen) atoms. The van der Waals surface area contributed by atoms with E-state index in [1.165, 1.54) is 25.9 Å². The van der Waals surface area contributed by atoms with Gasteiger partial charge in [0.1, 0.15) is 0 Å². The maximum atomic E-state index is 12.1. The number of amides is 1. The van der Waals surface area contributed by atoms with Crippen molar-refractivity contribution < 1.29 is 9.63 Å². The first-order chi connectivity index (χ1) is 8.06. The zero-order chi connectivity index (χ0) is 12.0. The standard InChI is InChI=1S/C13H22N2O2/c1-13(2)9-17-15(12(13)16)8-11-7-14-5-3-10(11)4-6-14/h10-11H,3-9H2,1-2H3. The van der Waals surface area contributed by atoms with Gasteiger partial charge in [-0.2, -0.15) is 0 Å². The average Bonchev–Trinajstić information content (AvgIpc) is 2.58. The third-order valence-electron chi connectivity index (χ3n) is 4.58. The summed E-state index contributed by atoms with van der Waals surface area (Å²) in [6, 6.07) is 0. The molecule has 0 aromatic rings. The highest BCUT2D eigenvalue weighted by molar-refractivity contribution is 5.82. The number of carbonyl (C=O) groups is 1. The van der Waals surface area contributed by atoms with Gasteiger partial charge < -0.3 is 4.90 Å². The molecule has 4 aliphatic heterocycles. The van der Waals surface area contributed by atoms with Crippen LogP contribution in [0.15, 0.2) is 0 Å². The van der Waals surface area contributed by atoms with Gasteiger partial charge in [-0.15, -0.1) is 0 Å². The normalized spacial score (nSPS) is 40.0. The summed E-state index contributed by atoms with van der Waals surface area (Å²) < 4.78 is 0. The third-order valence-corrected chi connectivity index (χ3v) is 4.58. The molecule has 0 aromatic carbocycles. The molecule has 96 valence electrons. The number of hydrogen-bond acceptors (Lipinski definition) is 3. The number of fused-ring (bicyclic) bond motifs is 3. The van der Waals surface area contributed by atoms with E-state index in [2.05, 4.69) is 4.90 Å². The SMILES string of the molecule is CC1(C)CON(CC2CN3CCC2CC3)C1=O. The Morgan fingerprint density at radius 2 is 2.06 bits per heavy atom. The first-order valence-electron chi connectivity index (χ1n) is 6.73. The van der Waals surface area contributed by atoms with Crippen LogP contribution >= 0.6 is 0 Å². The predicted octanol–water partition coefficient (Wildman–Crippen LogP) is 1.13. The summed E-state index contributed by atoms with van der Waals surface area (Å²) in [7, 11) is 0. The maximum absolute atomic E-state index is 12.1. The molecule has 4 heterocycles. The van der Waals surface area contributed by atoms with Gasteiger partial charge in [0.05, 0.1) is 18.6 Å². The van der Waals surface area contributed by atoms with Crippen LogP contribution in [0.5, 0.6) is 0 Å². The van der Waals surface area contributed by atoms with Crippen LogP contribution in [0.2, 0.25) is 0 Å². The van der Waals surface area contributed by atoms with E-state index in [4.69, 9.17) is 4.84 Å². The summed E-state index contributed by atoms with van der Waals surface area (Å²) in [4.78, 5) is 20.2. The molecule has 0 saturated carbocycles. The smallest absolute Gasteiger partial charge is 0.254 e. The molecule has 4 rings (SSSR count). The van der Waals surface area contributed by atoms with Crippen LogP contribution in [-0.4, -0.2) is 48.7 Å². The van der Waals surface area contributed by atoms with Crippen LogP contribution in [0.1, 0.15) is 26.7 Å². The van der Waals surface area contributed by atoms with E-state index < -0.39 is 0 Å². The van der Waals surface area contributed by atoms with Crippen molar-refractivity contribution in [2.75, 3.05) is 32.8 Å². The topological polar surface area (TPSA) is 32.8 Å². The molecule has 0 spiro atoms. The molecule has 0 N–H and O–H groups in total. The maximum Gasteiger partial charge on any atom is 0.254 e. The Hall–Kier alpha value is -0.610. The lowest BCUT2D eigenvalue weighted by Crippen LogP contribution is -2.51. The van der Waals surface area contributed by atoms with Gasteiger partial charge in [-0.25, -0.2) is 5.06 Å². The van der Waals surface area contributed by atoms with Crippen LogP contribution in [-0.2, 0) is 9.63 Å². The fraction of sp³-hybridized carbons (Fsp3) is 0.923. The zero-order valence-electron chi connectivity index (χ0n) is 10.8. The molecule has 0 aliphatic carbocycles. The van der Waals surface area contributed by atoms with Gasteiger partial charge in [0.15, 0.2) is 0 Å². The lowest BCUT2D eigenvalue weighted by Gasteiger charge is -2.45. The first-order valence-corrected chi connectivity index (χ1v) is 6.73. The van der Waals surface area contributed by atoms with E-state index >= 15 is 0 Å². The summed E-state index contributed by atoms with van der Waals surface area (Å²) in [6.07, 6.45) is 2.60. The summed E-state index contributed by atoms with van der Waals surface area (Å²) >= 11 is 0. The van der Waals surface area contributed by atoms with E-state index in [0.29, 0.717) is 12.5 Å². The molecular formula is C13H22N2O2. The van der Waals surface area contributed by atoms with Crippen LogP contribution in [0.3, 0.4) is 0 Å².